The summed E-state index contributed by atoms with van der Waals surface area (Å²) in [6, 6.07) is 22.6. The summed E-state index contributed by atoms with van der Waals surface area (Å²) in [5.41, 5.74) is 5.34. The molecule has 0 aliphatic heterocycles. The highest BCUT2D eigenvalue weighted by Gasteiger charge is 2.26. The number of esters is 2. The van der Waals surface area contributed by atoms with Crippen LogP contribution in [-0.2, 0) is 27.2 Å². The van der Waals surface area contributed by atoms with E-state index in [1.165, 1.54) is 14.2 Å². The van der Waals surface area contributed by atoms with Gasteiger partial charge in [0.1, 0.15) is 11.9 Å². The van der Waals surface area contributed by atoms with E-state index < -0.39 is 12.1 Å². The molecule has 0 amide bonds. The predicted molar refractivity (Wildman–Crippen MR) is 155 cm³/mol. The molecule has 0 N–H and O–H groups in total. The third kappa shape index (κ3) is 6.27. The van der Waals surface area contributed by atoms with Crippen molar-refractivity contribution in [3.8, 4) is 11.1 Å². The Balaban J connectivity index is 1.70. The van der Waals surface area contributed by atoms with Crippen molar-refractivity contribution >= 4 is 23.5 Å². The molecule has 40 heavy (non-hydrogen) atoms. The second kappa shape index (κ2) is 13.4. The van der Waals surface area contributed by atoms with Gasteiger partial charge in [-0.15, -0.1) is 0 Å². The third-order valence-electron chi connectivity index (χ3n) is 6.85. The van der Waals surface area contributed by atoms with Gasteiger partial charge in [-0.25, -0.2) is 14.6 Å². The molecular formula is C32H33ClN2O5. The van der Waals surface area contributed by atoms with E-state index in [2.05, 4.69) is 11.5 Å². The molecule has 208 valence electrons. The van der Waals surface area contributed by atoms with Crippen LogP contribution in [0.3, 0.4) is 0 Å². The van der Waals surface area contributed by atoms with Crippen LogP contribution in [0.1, 0.15) is 69.2 Å². The SMILES string of the molecule is CCCCc1nc(Cl)c(C(OC)c2ccc(C(=O)OC)cc2)n1Cc1ccc(-c2ccccc2C(=O)OC)cc1. The maximum atomic E-state index is 12.3. The highest BCUT2D eigenvalue weighted by atomic mass is 35.5. The van der Waals surface area contributed by atoms with Crippen molar-refractivity contribution in [2.75, 3.05) is 21.3 Å². The number of halogens is 1. The Morgan fingerprint density at radius 2 is 1.57 bits per heavy atom. The molecule has 0 bridgehead atoms. The smallest absolute Gasteiger partial charge is 0.338 e. The predicted octanol–water partition coefficient (Wildman–Crippen LogP) is 6.90. The zero-order valence-corrected chi connectivity index (χ0v) is 23.9. The Hall–Kier alpha value is -3.94. The van der Waals surface area contributed by atoms with Crippen LogP contribution >= 0.6 is 11.6 Å². The molecule has 7 nitrogen and oxygen atoms in total. The topological polar surface area (TPSA) is 79.7 Å². The van der Waals surface area contributed by atoms with E-state index in [0.717, 1.165) is 53.0 Å². The molecule has 4 rings (SSSR count). The van der Waals surface area contributed by atoms with E-state index in [-0.39, 0.29) is 5.97 Å². The lowest BCUT2D eigenvalue weighted by Gasteiger charge is -2.20. The summed E-state index contributed by atoms with van der Waals surface area (Å²) in [5, 5.41) is 0.388. The molecule has 0 spiro atoms. The van der Waals surface area contributed by atoms with E-state index in [4.69, 9.17) is 30.8 Å². The zero-order valence-electron chi connectivity index (χ0n) is 23.1. The number of ether oxygens (including phenoxy) is 3. The number of rotatable bonds is 11. The van der Waals surface area contributed by atoms with E-state index in [0.29, 0.717) is 22.8 Å². The minimum atomic E-state index is -0.492. The molecule has 3 aromatic carbocycles. The first-order valence-corrected chi connectivity index (χ1v) is 13.5. The average molecular weight is 561 g/mol. The number of hydrogen-bond acceptors (Lipinski definition) is 6. The molecule has 0 saturated carbocycles. The number of aromatic nitrogens is 2. The Morgan fingerprint density at radius 1 is 0.900 bits per heavy atom. The summed E-state index contributed by atoms with van der Waals surface area (Å²) in [7, 11) is 4.37. The van der Waals surface area contributed by atoms with Crippen molar-refractivity contribution in [3.05, 3.63) is 112 Å². The second-order valence-electron chi connectivity index (χ2n) is 9.36. The maximum Gasteiger partial charge on any atom is 0.338 e. The van der Waals surface area contributed by atoms with Gasteiger partial charge in [0.15, 0.2) is 5.15 Å². The van der Waals surface area contributed by atoms with Gasteiger partial charge in [0.25, 0.3) is 0 Å². The molecule has 0 saturated heterocycles. The van der Waals surface area contributed by atoms with E-state index >= 15 is 0 Å². The third-order valence-corrected chi connectivity index (χ3v) is 7.13. The number of benzene rings is 3. The van der Waals surface area contributed by atoms with Crippen molar-refractivity contribution in [2.45, 2.75) is 38.8 Å². The quantitative estimate of drug-likeness (QED) is 0.186. The first-order chi connectivity index (χ1) is 19.4. The zero-order chi connectivity index (χ0) is 28.6. The number of nitrogens with zero attached hydrogens (tertiary/aromatic N) is 2. The largest absolute Gasteiger partial charge is 0.465 e. The van der Waals surface area contributed by atoms with Crippen molar-refractivity contribution in [1.82, 2.24) is 9.55 Å². The lowest BCUT2D eigenvalue weighted by atomic mass is 9.98. The minimum absolute atomic E-state index is 0.372. The van der Waals surface area contributed by atoms with Crippen LogP contribution < -0.4 is 0 Å². The molecule has 1 aromatic heterocycles. The first kappa shape index (κ1) is 29.1. The van der Waals surface area contributed by atoms with E-state index in [1.807, 2.05) is 54.6 Å². The van der Waals surface area contributed by atoms with Crippen LogP contribution in [0.5, 0.6) is 0 Å². The number of hydrogen-bond donors (Lipinski definition) is 0. The fraction of sp³-hybridized carbons (Fsp3) is 0.281. The molecule has 0 fully saturated rings. The normalized spacial score (nSPS) is 11.7. The summed E-state index contributed by atoms with van der Waals surface area (Å²) in [5.74, 6) is 0.112. The standard InChI is InChI=1S/C32H33ClN2O5/c1-5-6-11-27-34-30(33)28(29(38-2)23-16-18-24(19-17-23)31(36)39-3)35(27)20-21-12-14-22(15-13-21)25-9-7-8-10-26(25)32(37)40-4/h7-10,12-19,29H,5-6,11,20H2,1-4H3. The van der Waals surface area contributed by atoms with Gasteiger partial charge in [0.2, 0.25) is 0 Å². The molecule has 0 radical (unpaired) electrons. The van der Waals surface area contributed by atoms with Crippen LogP contribution in [0.25, 0.3) is 11.1 Å². The second-order valence-corrected chi connectivity index (χ2v) is 9.72. The van der Waals surface area contributed by atoms with Gasteiger partial charge in [0.05, 0.1) is 31.0 Å². The lowest BCUT2D eigenvalue weighted by Crippen LogP contribution is -2.15. The molecule has 0 aliphatic rings. The Kier molecular flexibility index (Phi) is 9.74. The van der Waals surface area contributed by atoms with Crippen LogP contribution in [0.4, 0.5) is 0 Å². The van der Waals surface area contributed by atoms with Crippen LogP contribution in [0, 0.1) is 0 Å². The molecule has 8 heteroatoms. The van der Waals surface area contributed by atoms with Gasteiger partial charge in [-0.3, -0.25) is 0 Å². The Labute approximate surface area is 239 Å². The molecule has 1 unspecified atom stereocenters. The van der Waals surface area contributed by atoms with Crippen LogP contribution in [0.2, 0.25) is 5.15 Å². The van der Waals surface area contributed by atoms with Gasteiger partial charge in [-0.1, -0.05) is 79.5 Å². The van der Waals surface area contributed by atoms with Crippen LogP contribution in [0.15, 0.2) is 72.8 Å². The monoisotopic (exact) mass is 560 g/mol. The number of carbonyl (C=O) groups excluding carboxylic acids is 2. The maximum absolute atomic E-state index is 12.3. The molecule has 0 aliphatic carbocycles. The molecule has 1 atom stereocenters. The van der Waals surface area contributed by atoms with Crippen molar-refractivity contribution < 1.29 is 23.8 Å². The fourth-order valence-electron chi connectivity index (χ4n) is 4.75. The van der Waals surface area contributed by atoms with Gasteiger partial charge in [0, 0.05) is 20.1 Å². The van der Waals surface area contributed by atoms with Crippen LogP contribution in [-0.4, -0.2) is 42.8 Å². The van der Waals surface area contributed by atoms with Gasteiger partial charge in [-0.2, -0.15) is 0 Å². The van der Waals surface area contributed by atoms with Gasteiger partial charge < -0.3 is 18.8 Å². The summed E-state index contributed by atoms with van der Waals surface area (Å²) < 4.78 is 17.9. The van der Waals surface area contributed by atoms with E-state index in [1.54, 1.807) is 25.3 Å². The lowest BCUT2D eigenvalue weighted by molar-refractivity contribution is 0.0592. The van der Waals surface area contributed by atoms with Gasteiger partial charge in [-0.05, 0) is 46.9 Å². The summed E-state index contributed by atoms with van der Waals surface area (Å²) in [6.45, 7) is 2.68. The van der Waals surface area contributed by atoms with E-state index in [9.17, 15) is 9.59 Å². The Morgan fingerprint density at radius 3 is 2.20 bits per heavy atom. The summed E-state index contributed by atoms with van der Waals surface area (Å²) >= 11 is 6.76. The number of imidazole rings is 1. The Bertz CT molecular complexity index is 1460. The average Bonchev–Trinajstić information content (AvgIpc) is 3.30. The summed E-state index contributed by atoms with van der Waals surface area (Å²) in [6.07, 6.45) is 2.28. The highest BCUT2D eigenvalue weighted by Crippen LogP contribution is 2.34. The molecular weight excluding hydrogens is 528 g/mol. The number of carbonyl (C=O) groups is 2. The number of methoxy groups -OCH3 is 3. The van der Waals surface area contributed by atoms with Crippen molar-refractivity contribution in [3.63, 3.8) is 0 Å². The highest BCUT2D eigenvalue weighted by molar-refractivity contribution is 6.30. The van der Waals surface area contributed by atoms with Crippen molar-refractivity contribution in [1.29, 1.82) is 0 Å². The number of unbranched alkanes of at least 4 members (excludes halogenated alkanes) is 1. The molecule has 1 heterocycles. The minimum Gasteiger partial charge on any atom is -0.465 e. The fourth-order valence-corrected chi connectivity index (χ4v) is 5.04. The van der Waals surface area contributed by atoms with Crippen molar-refractivity contribution in [2.24, 2.45) is 0 Å². The number of aryl methyl sites for hydroxylation is 1. The first-order valence-electron chi connectivity index (χ1n) is 13.1. The van der Waals surface area contributed by atoms with Gasteiger partial charge >= 0.3 is 11.9 Å². The summed E-state index contributed by atoms with van der Waals surface area (Å²) in [4.78, 5) is 28.9. The molecule has 4 aromatic rings.